The summed E-state index contributed by atoms with van der Waals surface area (Å²) in [5.74, 6) is 0.999. The highest BCUT2D eigenvalue weighted by Crippen LogP contribution is 2.22. The van der Waals surface area contributed by atoms with E-state index in [0.29, 0.717) is 50.5 Å². The van der Waals surface area contributed by atoms with Crippen LogP contribution in [0.1, 0.15) is 24.4 Å². The quantitative estimate of drug-likeness (QED) is 0.637. The molecule has 2 atom stereocenters. The molecule has 9 nitrogen and oxygen atoms in total. The number of carbonyl (C=O) groups excluding carboxylic acids is 1. The summed E-state index contributed by atoms with van der Waals surface area (Å²) in [6.07, 6.45) is 9.88. The van der Waals surface area contributed by atoms with E-state index < -0.39 is 6.10 Å². The molecule has 1 aliphatic heterocycles. The van der Waals surface area contributed by atoms with Gasteiger partial charge in [0.25, 0.3) is 0 Å². The first-order chi connectivity index (χ1) is 14.2. The number of aryl methyl sites for hydroxylation is 1. The van der Waals surface area contributed by atoms with Crippen LogP contribution in [0.2, 0.25) is 0 Å². The van der Waals surface area contributed by atoms with E-state index in [9.17, 15) is 9.90 Å². The predicted octanol–water partition coefficient (Wildman–Crippen LogP) is 1.31. The predicted molar refractivity (Wildman–Crippen MR) is 102 cm³/mol. The largest absolute Gasteiger partial charge is 0.391 e. The molecule has 0 aliphatic carbocycles. The number of nitrogens with zero attached hydrogens (tertiary/aromatic N) is 6. The van der Waals surface area contributed by atoms with Gasteiger partial charge in [-0.05, 0) is 25.0 Å². The van der Waals surface area contributed by atoms with E-state index >= 15 is 0 Å². The second-order valence-corrected chi connectivity index (χ2v) is 7.13. The molecule has 0 unspecified atom stereocenters. The maximum Gasteiger partial charge on any atom is 0.226 e. The lowest BCUT2D eigenvalue weighted by molar-refractivity contribution is -0.130. The van der Waals surface area contributed by atoms with Crippen molar-refractivity contribution in [3.05, 3.63) is 54.7 Å². The van der Waals surface area contributed by atoms with Crippen molar-refractivity contribution >= 4 is 5.91 Å². The molecule has 0 spiro atoms. The molecule has 150 valence electrons. The van der Waals surface area contributed by atoms with Crippen LogP contribution in [0.3, 0.4) is 0 Å². The topological polar surface area (TPSA) is 118 Å². The zero-order valence-corrected chi connectivity index (χ0v) is 15.9. The van der Waals surface area contributed by atoms with Gasteiger partial charge in [-0.2, -0.15) is 4.98 Å². The summed E-state index contributed by atoms with van der Waals surface area (Å²) in [7, 11) is 0. The Labute approximate surface area is 167 Å². The number of likely N-dealkylation sites (tertiary alicyclic amines) is 1. The number of pyridine rings is 1. The molecule has 29 heavy (non-hydrogen) atoms. The Balaban J connectivity index is 1.24. The van der Waals surface area contributed by atoms with Crippen LogP contribution in [0, 0.1) is 5.92 Å². The first-order valence-electron chi connectivity index (χ1n) is 9.63. The van der Waals surface area contributed by atoms with Crippen LogP contribution in [0.4, 0.5) is 0 Å². The zero-order chi connectivity index (χ0) is 20.1. The van der Waals surface area contributed by atoms with Crippen molar-refractivity contribution in [2.75, 3.05) is 13.1 Å². The lowest BCUT2D eigenvalue weighted by Crippen LogP contribution is -2.29. The van der Waals surface area contributed by atoms with Crippen LogP contribution in [0.25, 0.3) is 11.4 Å². The normalized spacial score (nSPS) is 18.9. The van der Waals surface area contributed by atoms with Gasteiger partial charge in [0.1, 0.15) is 0 Å². The van der Waals surface area contributed by atoms with E-state index in [-0.39, 0.29) is 11.8 Å². The second-order valence-electron chi connectivity index (χ2n) is 7.13. The van der Waals surface area contributed by atoms with Gasteiger partial charge < -0.3 is 14.5 Å². The molecule has 0 saturated carbocycles. The van der Waals surface area contributed by atoms with Crippen LogP contribution in [0.5, 0.6) is 0 Å². The van der Waals surface area contributed by atoms with Crippen LogP contribution in [-0.2, 0) is 17.6 Å². The summed E-state index contributed by atoms with van der Waals surface area (Å²) in [5.41, 5.74) is 1.62. The van der Waals surface area contributed by atoms with E-state index in [0.717, 1.165) is 11.3 Å². The summed E-state index contributed by atoms with van der Waals surface area (Å²) < 4.78 is 5.26. The van der Waals surface area contributed by atoms with Gasteiger partial charge in [0.2, 0.25) is 17.6 Å². The number of rotatable bonds is 7. The number of amides is 1. The third-order valence-electron chi connectivity index (χ3n) is 5.02. The number of carbonyl (C=O) groups is 1. The van der Waals surface area contributed by atoms with E-state index in [2.05, 4.69) is 25.1 Å². The molecule has 9 heteroatoms. The summed E-state index contributed by atoms with van der Waals surface area (Å²) >= 11 is 0. The Morgan fingerprint density at radius 3 is 2.90 bits per heavy atom. The highest BCUT2D eigenvalue weighted by molar-refractivity contribution is 5.76. The van der Waals surface area contributed by atoms with Crippen molar-refractivity contribution in [3.63, 3.8) is 0 Å². The fourth-order valence-electron chi connectivity index (χ4n) is 3.48. The number of aliphatic hydroxyl groups is 1. The van der Waals surface area contributed by atoms with Crippen LogP contribution in [-0.4, -0.2) is 60.2 Å². The minimum Gasteiger partial charge on any atom is -0.391 e. The molecule has 0 bridgehead atoms. The fourth-order valence-corrected chi connectivity index (χ4v) is 3.48. The van der Waals surface area contributed by atoms with Gasteiger partial charge in [0.15, 0.2) is 0 Å². The van der Waals surface area contributed by atoms with Crippen molar-refractivity contribution in [1.82, 2.24) is 30.0 Å². The molecule has 0 aromatic carbocycles. The smallest absolute Gasteiger partial charge is 0.226 e. The number of β-amino-alcohol motifs (C(OH)–C–C–N with tert-alkyl or cyclic N) is 1. The molecule has 3 aromatic rings. The number of hydrogen-bond donors (Lipinski definition) is 1. The number of hydrogen-bond acceptors (Lipinski definition) is 8. The molecule has 1 fully saturated rings. The van der Waals surface area contributed by atoms with Gasteiger partial charge in [-0.25, -0.2) is 0 Å². The maximum atomic E-state index is 12.5. The summed E-state index contributed by atoms with van der Waals surface area (Å²) in [6.45, 7) is 0.887. The molecule has 1 amide bonds. The van der Waals surface area contributed by atoms with E-state index in [1.807, 2.05) is 12.1 Å². The Hall–Kier alpha value is -3.20. The zero-order valence-electron chi connectivity index (χ0n) is 15.9. The molecule has 1 N–H and O–H groups in total. The van der Waals surface area contributed by atoms with Crippen molar-refractivity contribution in [2.24, 2.45) is 5.92 Å². The van der Waals surface area contributed by atoms with Crippen molar-refractivity contribution in [3.8, 4) is 11.4 Å². The average Bonchev–Trinajstić information content (AvgIpc) is 3.37. The Kier molecular flexibility index (Phi) is 5.85. The first-order valence-corrected chi connectivity index (χ1v) is 9.63. The molecular formula is C20H22N6O3. The Morgan fingerprint density at radius 2 is 2.10 bits per heavy atom. The van der Waals surface area contributed by atoms with E-state index in [1.54, 1.807) is 35.9 Å². The van der Waals surface area contributed by atoms with Crippen molar-refractivity contribution in [1.29, 1.82) is 0 Å². The van der Waals surface area contributed by atoms with Gasteiger partial charge in [-0.15, -0.1) is 0 Å². The fraction of sp³-hybridized carbons (Fsp3) is 0.400. The molecular weight excluding hydrogens is 372 g/mol. The van der Waals surface area contributed by atoms with Crippen LogP contribution >= 0.6 is 0 Å². The molecule has 1 aliphatic rings. The minimum atomic E-state index is -0.543. The third-order valence-corrected chi connectivity index (χ3v) is 5.02. The summed E-state index contributed by atoms with van der Waals surface area (Å²) in [4.78, 5) is 30.9. The first kappa shape index (κ1) is 19.1. The summed E-state index contributed by atoms with van der Waals surface area (Å²) in [5, 5.41) is 14.3. The van der Waals surface area contributed by atoms with Crippen LogP contribution in [0.15, 0.2) is 47.6 Å². The van der Waals surface area contributed by atoms with Gasteiger partial charge in [-0.3, -0.25) is 19.7 Å². The van der Waals surface area contributed by atoms with Crippen molar-refractivity contribution < 1.29 is 14.4 Å². The van der Waals surface area contributed by atoms with E-state index in [1.165, 1.54) is 0 Å². The van der Waals surface area contributed by atoms with Crippen molar-refractivity contribution in [2.45, 2.75) is 31.8 Å². The van der Waals surface area contributed by atoms with Gasteiger partial charge >= 0.3 is 0 Å². The Morgan fingerprint density at radius 1 is 1.21 bits per heavy atom. The molecule has 1 saturated heterocycles. The molecule has 4 rings (SSSR count). The van der Waals surface area contributed by atoms with E-state index in [4.69, 9.17) is 4.52 Å². The number of aromatic nitrogens is 5. The maximum absolute atomic E-state index is 12.5. The lowest BCUT2D eigenvalue weighted by Gasteiger charge is -2.15. The molecule has 0 radical (unpaired) electrons. The van der Waals surface area contributed by atoms with Gasteiger partial charge in [-0.1, -0.05) is 5.16 Å². The second kappa shape index (κ2) is 8.87. The Bertz CT molecular complexity index is 934. The minimum absolute atomic E-state index is 0.0198. The average molecular weight is 394 g/mol. The lowest BCUT2D eigenvalue weighted by atomic mass is 10.0. The highest BCUT2D eigenvalue weighted by atomic mass is 16.5. The molecule has 4 heterocycles. The van der Waals surface area contributed by atoms with Crippen LogP contribution < -0.4 is 0 Å². The monoisotopic (exact) mass is 394 g/mol. The van der Waals surface area contributed by atoms with Gasteiger partial charge in [0.05, 0.1) is 11.8 Å². The number of aliphatic hydroxyl groups excluding tert-OH is 1. The summed E-state index contributed by atoms with van der Waals surface area (Å²) in [6, 6.07) is 3.67. The third kappa shape index (κ3) is 4.80. The van der Waals surface area contributed by atoms with Gasteiger partial charge in [0, 0.05) is 68.4 Å². The SMILES string of the molecule is O=C(CCCc1nc(-c2cccnc2)no1)N1C[C@@H](Cc2cnccn2)[C@H](O)C1. The highest BCUT2D eigenvalue weighted by Gasteiger charge is 2.34. The molecule has 3 aromatic heterocycles. The standard InChI is InChI=1S/C20H22N6O3/c27-17-13-26(12-15(17)9-16-11-22-7-8-23-16)19(28)5-1-4-18-24-20(25-29-18)14-3-2-6-21-10-14/h2-3,6-8,10-11,15,17,27H,1,4-5,9,12-13H2/t15-,17-/m1/s1.